The third kappa shape index (κ3) is 4.22. The number of rotatable bonds is 2. The Bertz CT molecular complexity index is 754. The molecule has 2 aromatic rings. The van der Waals surface area contributed by atoms with Crippen molar-refractivity contribution in [3.8, 4) is 5.75 Å². The molecule has 1 saturated heterocycles. The highest BCUT2D eigenvalue weighted by molar-refractivity contribution is 6.30. The van der Waals surface area contributed by atoms with Gasteiger partial charge in [0.15, 0.2) is 0 Å². The number of carbonyl (C=O) groups is 2. The van der Waals surface area contributed by atoms with E-state index in [0.29, 0.717) is 48.2 Å². The molecule has 0 bridgehead atoms. The molecule has 1 aliphatic heterocycles. The normalized spacial score (nSPS) is 14.3. The minimum atomic E-state index is -0.429. The third-order valence-corrected chi connectivity index (χ3v) is 4.25. The Hall–Kier alpha value is -2.73. The number of nitrogens with two attached hydrogens (primary N) is 1. The van der Waals surface area contributed by atoms with Gasteiger partial charge in [-0.2, -0.15) is 0 Å². The van der Waals surface area contributed by atoms with E-state index in [0.717, 1.165) is 0 Å². The molecule has 2 amide bonds. The molecular formula is C18H18ClN3O3. The Morgan fingerprint density at radius 2 is 1.44 bits per heavy atom. The van der Waals surface area contributed by atoms with Crippen LogP contribution < -0.4 is 10.5 Å². The number of amides is 2. The van der Waals surface area contributed by atoms with Gasteiger partial charge in [-0.1, -0.05) is 11.6 Å². The highest BCUT2D eigenvalue weighted by Gasteiger charge is 2.25. The molecule has 0 radical (unpaired) electrons. The van der Waals surface area contributed by atoms with Gasteiger partial charge in [0, 0.05) is 42.5 Å². The van der Waals surface area contributed by atoms with Crippen LogP contribution in [0.1, 0.15) is 10.4 Å². The highest BCUT2D eigenvalue weighted by atomic mass is 35.5. The van der Waals surface area contributed by atoms with E-state index in [1.165, 1.54) is 0 Å². The second-order valence-electron chi connectivity index (χ2n) is 5.72. The largest absolute Gasteiger partial charge is 0.415 e. The zero-order chi connectivity index (χ0) is 17.8. The van der Waals surface area contributed by atoms with Crippen LogP contribution in [0, 0.1) is 0 Å². The van der Waals surface area contributed by atoms with Crippen LogP contribution in [0.15, 0.2) is 48.5 Å². The molecule has 0 aromatic heterocycles. The van der Waals surface area contributed by atoms with E-state index >= 15 is 0 Å². The molecule has 0 saturated carbocycles. The van der Waals surface area contributed by atoms with Gasteiger partial charge in [0.2, 0.25) is 0 Å². The summed E-state index contributed by atoms with van der Waals surface area (Å²) in [7, 11) is 0. The van der Waals surface area contributed by atoms with Crippen molar-refractivity contribution < 1.29 is 14.3 Å². The Morgan fingerprint density at radius 3 is 2.04 bits per heavy atom. The van der Waals surface area contributed by atoms with Crippen LogP contribution in [0.2, 0.25) is 5.02 Å². The van der Waals surface area contributed by atoms with Gasteiger partial charge in [-0.05, 0) is 48.5 Å². The van der Waals surface area contributed by atoms with Gasteiger partial charge in [0.05, 0.1) is 0 Å². The van der Waals surface area contributed by atoms with E-state index in [2.05, 4.69) is 0 Å². The lowest BCUT2D eigenvalue weighted by atomic mass is 10.1. The standard InChI is InChI=1S/C18H18ClN3O3/c19-14-3-7-16(8-4-14)25-18(24)22-11-9-21(10-12-22)17(23)13-1-5-15(20)6-2-13/h1-8H,9-12,20H2. The number of halogens is 1. The zero-order valence-corrected chi connectivity index (χ0v) is 14.3. The van der Waals surface area contributed by atoms with Crippen LogP contribution in [0.3, 0.4) is 0 Å². The van der Waals surface area contributed by atoms with Crippen molar-refractivity contribution in [2.45, 2.75) is 0 Å². The number of benzene rings is 2. The van der Waals surface area contributed by atoms with E-state index in [1.807, 2.05) is 0 Å². The van der Waals surface area contributed by atoms with Crippen molar-refractivity contribution >= 4 is 29.3 Å². The van der Waals surface area contributed by atoms with Crippen molar-refractivity contribution in [1.82, 2.24) is 9.80 Å². The molecule has 130 valence electrons. The molecule has 7 heteroatoms. The van der Waals surface area contributed by atoms with Gasteiger partial charge in [-0.15, -0.1) is 0 Å². The number of nitrogen functional groups attached to an aromatic ring is 1. The molecule has 25 heavy (non-hydrogen) atoms. The van der Waals surface area contributed by atoms with Gasteiger partial charge < -0.3 is 20.3 Å². The predicted molar refractivity (Wildman–Crippen MR) is 95.8 cm³/mol. The molecule has 2 N–H and O–H groups in total. The monoisotopic (exact) mass is 359 g/mol. The third-order valence-electron chi connectivity index (χ3n) is 4.00. The van der Waals surface area contributed by atoms with Crippen LogP contribution in [-0.2, 0) is 0 Å². The van der Waals surface area contributed by atoms with Gasteiger partial charge >= 0.3 is 6.09 Å². The summed E-state index contributed by atoms with van der Waals surface area (Å²) in [6.45, 7) is 1.76. The van der Waals surface area contributed by atoms with Gasteiger partial charge in [-0.25, -0.2) is 4.79 Å². The van der Waals surface area contributed by atoms with Crippen molar-refractivity contribution in [2.75, 3.05) is 31.9 Å². The molecule has 2 aromatic carbocycles. The van der Waals surface area contributed by atoms with Crippen molar-refractivity contribution in [3.63, 3.8) is 0 Å². The fourth-order valence-electron chi connectivity index (χ4n) is 2.57. The molecule has 1 heterocycles. The average molecular weight is 360 g/mol. The van der Waals surface area contributed by atoms with Gasteiger partial charge in [0.25, 0.3) is 5.91 Å². The second kappa shape index (κ2) is 7.44. The minimum Gasteiger partial charge on any atom is -0.410 e. The molecule has 3 rings (SSSR count). The number of piperazine rings is 1. The lowest BCUT2D eigenvalue weighted by Crippen LogP contribution is -2.51. The second-order valence-corrected chi connectivity index (χ2v) is 6.16. The maximum Gasteiger partial charge on any atom is 0.415 e. The maximum absolute atomic E-state index is 12.4. The molecule has 1 fully saturated rings. The topological polar surface area (TPSA) is 75.9 Å². The first kappa shape index (κ1) is 17.1. The lowest BCUT2D eigenvalue weighted by molar-refractivity contribution is 0.0633. The maximum atomic E-state index is 12.4. The van der Waals surface area contributed by atoms with Crippen molar-refractivity contribution in [3.05, 3.63) is 59.1 Å². The smallest absolute Gasteiger partial charge is 0.410 e. The summed E-state index contributed by atoms with van der Waals surface area (Å²) in [6, 6.07) is 13.4. The van der Waals surface area contributed by atoms with E-state index in [-0.39, 0.29) is 5.91 Å². The quantitative estimate of drug-likeness (QED) is 0.836. The first-order valence-electron chi connectivity index (χ1n) is 7.90. The van der Waals surface area contributed by atoms with E-state index in [1.54, 1.807) is 58.3 Å². The number of hydrogen-bond acceptors (Lipinski definition) is 4. The summed E-state index contributed by atoms with van der Waals surface area (Å²) in [5.74, 6) is 0.375. The van der Waals surface area contributed by atoms with Crippen LogP contribution in [0.5, 0.6) is 5.75 Å². The number of ether oxygens (including phenoxy) is 1. The summed E-state index contributed by atoms with van der Waals surface area (Å²) in [6.07, 6.45) is -0.429. The first-order chi connectivity index (χ1) is 12.0. The predicted octanol–water partition coefficient (Wildman–Crippen LogP) is 2.88. The summed E-state index contributed by atoms with van der Waals surface area (Å²) < 4.78 is 5.31. The van der Waals surface area contributed by atoms with E-state index in [4.69, 9.17) is 22.1 Å². The van der Waals surface area contributed by atoms with Crippen LogP contribution >= 0.6 is 11.6 Å². The Morgan fingerprint density at radius 1 is 0.880 bits per heavy atom. The minimum absolute atomic E-state index is 0.0641. The average Bonchev–Trinajstić information content (AvgIpc) is 2.64. The summed E-state index contributed by atoms with van der Waals surface area (Å²) >= 11 is 5.81. The van der Waals surface area contributed by atoms with Crippen molar-refractivity contribution in [1.29, 1.82) is 0 Å². The summed E-state index contributed by atoms with van der Waals surface area (Å²) in [5, 5.41) is 0.578. The van der Waals surface area contributed by atoms with Crippen LogP contribution in [0.25, 0.3) is 0 Å². The Balaban J connectivity index is 1.54. The molecular weight excluding hydrogens is 342 g/mol. The number of nitrogens with zero attached hydrogens (tertiary/aromatic N) is 2. The fraction of sp³-hybridized carbons (Fsp3) is 0.222. The summed E-state index contributed by atoms with van der Waals surface area (Å²) in [5.41, 5.74) is 6.84. The first-order valence-corrected chi connectivity index (χ1v) is 8.28. The highest BCUT2D eigenvalue weighted by Crippen LogP contribution is 2.17. The molecule has 6 nitrogen and oxygen atoms in total. The van der Waals surface area contributed by atoms with E-state index in [9.17, 15) is 9.59 Å². The zero-order valence-electron chi connectivity index (χ0n) is 13.5. The molecule has 0 spiro atoms. The molecule has 1 aliphatic rings. The lowest BCUT2D eigenvalue weighted by Gasteiger charge is -2.34. The van der Waals surface area contributed by atoms with Crippen LogP contribution in [-0.4, -0.2) is 48.0 Å². The van der Waals surface area contributed by atoms with Gasteiger partial charge in [-0.3, -0.25) is 4.79 Å². The molecule has 0 atom stereocenters. The summed E-state index contributed by atoms with van der Waals surface area (Å²) in [4.78, 5) is 27.9. The van der Waals surface area contributed by atoms with Crippen molar-refractivity contribution in [2.24, 2.45) is 0 Å². The number of carbonyl (C=O) groups excluding carboxylic acids is 2. The number of hydrogen-bond donors (Lipinski definition) is 1. The SMILES string of the molecule is Nc1ccc(C(=O)N2CCN(C(=O)Oc3ccc(Cl)cc3)CC2)cc1. The van der Waals surface area contributed by atoms with Gasteiger partial charge in [0.1, 0.15) is 5.75 Å². The molecule has 0 aliphatic carbocycles. The Kier molecular flexibility index (Phi) is 5.09. The van der Waals surface area contributed by atoms with E-state index < -0.39 is 6.09 Å². The molecule has 0 unspecified atom stereocenters. The van der Waals surface area contributed by atoms with Crippen LogP contribution in [0.4, 0.5) is 10.5 Å². The Labute approximate surface area is 150 Å². The fourth-order valence-corrected chi connectivity index (χ4v) is 2.69. The number of anilines is 1.